The molecule has 2 aromatic carbocycles. The number of nitro groups is 2. The zero-order chi connectivity index (χ0) is 16.1. The van der Waals surface area contributed by atoms with Gasteiger partial charge in [0.1, 0.15) is 5.69 Å². The molecule has 0 bridgehead atoms. The number of nitrogens with zero attached hydrogens (tertiary/aromatic N) is 3. The van der Waals surface area contributed by atoms with E-state index in [2.05, 4.69) is 26.5 Å². The van der Waals surface area contributed by atoms with Crippen LogP contribution in [0.1, 0.15) is 5.56 Å². The molecule has 0 atom stereocenters. The van der Waals surface area contributed by atoms with Gasteiger partial charge in [-0.3, -0.25) is 25.7 Å². The predicted molar refractivity (Wildman–Crippen MR) is 85.1 cm³/mol. The number of nitro benzene ring substituents is 2. The van der Waals surface area contributed by atoms with Crippen LogP contribution in [-0.4, -0.2) is 16.1 Å². The number of nitrogens with one attached hydrogen (secondary N) is 1. The minimum Gasteiger partial charge on any atom is -0.272 e. The van der Waals surface area contributed by atoms with E-state index in [1.54, 1.807) is 12.1 Å². The summed E-state index contributed by atoms with van der Waals surface area (Å²) in [5, 5.41) is 25.5. The first-order valence-corrected chi connectivity index (χ1v) is 6.74. The Hall–Kier alpha value is -2.81. The Kier molecular flexibility index (Phi) is 4.79. The lowest BCUT2D eigenvalue weighted by molar-refractivity contribution is -0.393. The van der Waals surface area contributed by atoms with Crippen molar-refractivity contribution in [2.24, 2.45) is 5.10 Å². The van der Waals surface area contributed by atoms with Crippen molar-refractivity contribution in [3.63, 3.8) is 0 Å². The second-order valence-electron chi connectivity index (χ2n) is 4.14. The van der Waals surface area contributed by atoms with E-state index in [0.717, 1.165) is 16.1 Å². The molecule has 2 rings (SSSR count). The molecule has 0 saturated carbocycles. The SMILES string of the molecule is O=[N+]([O-])c1ccc(NN=Cc2ccc(Br)cc2)c([N+](=O)[O-])c1. The molecule has 1 N–H and O–H groups in total. The summed E-state index contributed by atoms with van der Waals surface area (Å²) < 4.78 is 0.920. The molecule has 9 heteroatoms. The molecule has 0 spiro atoms. The van der Waals surface area contributed by atoms with Gasteiger partial charge in [-0.25, -0.2) is 0 Å². The van der Waals surface area contributed by atoms with Gasteiger partial charge in [-0.1, -0.05) is 28.1 Å². The Balaban J connectivity index is 2.20. The molecule has 0 unspecified atom stereocenters. The van der Waals surface area contributed by atoms with Crippen LogP contribution in [0.2, 0.25) is 0 Å². The first-order valence-electron chi connectivity index (χ1n) is 5.95. The van der Waals surface area contributed by atoms with Gasteiger partial charge in [-0.05, 0) is 23.8 Å². The zero-order valence-corrected chi connectivity index (χ0v) is 12.6. The maximum atomic E-state index is 11.0. The molecule has 0 saturated heterocycles. The van der Waals surface area contributed by atoms with E-state index in [0.29, 0.717) is 0 Å². The summed E-state index contributed by atoms with van der Waals surface area (Å²) in [4.78, 5) is 20.2. The van der Waals surface area contributed by atoms with Crippen molar-refractivity contribution in [2.75, 3.05) is 5.43 Å². The molecular formula is C13H9BrN4O4. The fraction of sp³-hybridized carbons (Fsp3) is 0. The number of hydrogen-bond acceptors (Lipinski definition) is 6. The lowest BCUT2D eigenvalue weighted by atomic mass is 10.2. The van der Waals surface area contributed by atoms with E-state index in [-0.39, 0.29) is 11.4 Å². The molecule has 112 valence electrons. The van der Waals surface area contributed by atoms with Crippen LogP contribution >= 0.6 is 15.9 Å². The van der Waals surface area contributed by atoms with E-state index in [1.807, 2.05) is 12.1 Å². The second kappa shape index (κ2) is 6.76. The Morgan fingerprint density at radius 2 is 1.73 bits per heavy atom. The van der Waals surface area contributed by atoms with Gasteiger partial charge >= 0.3 is 5.69 Å². The van der Waals surface area contributed by atoms with Crippen LogP contribution in [0.3, 0.4) is 0 Å². The number of halogens is 1. The summed E-state index contributed by atoms with van der Waals surface area (Å²) in [5.41, 5.74) is 2.62. The normalized spacial score (nSPS) is 10.6. The van der Waals surface area contributed by atoms with Gasteiger partial charge < -0.3 is 0 Å². The van der Waals surface area contributed by atoms with Crippen molar-refractivity contribution < 1.29 is 9.85 Å². The molecule has 0 aliphatic heterocycles. The van der Waals surface area contributed by atoms with E-state index < -0.39 is 15.5 Å². The van der Waals surface area contributed by atoms with Crippen molar-refractivity contribution in [1.82, 2.24) is 0 Å². The third-order valence-corrected chi connectivity index (χ3v) is 3.19. The van der Waals surface area contributed by atoms with Crippen LogP contribution in [0.25, 0.3) is 0 Å². The van der Waals surface area contributed by atoms with Crippen LogP contribution in [0, 0.1) is 20.2 Å². The highest BCUT2D eigenvalue weighted by molar-refractivity contribution is 9.10. The number of anilines is 1. The zero-order valence-electron chi connectivity index (χ0n) is 11.0. The molecular weight excluding hydrogens is 356 g/mol. The average molecular weight is 365 g/mol. The first-order chi connectivity index (χ1) is 10.5. The van der Waals surface area contributed by atoms with Gasteiger partial charge in [0.2, 0.25) is 0 Å². The molecule has 0 radical (unpaired) electrons. The minimum atomic E-state index is -0.704. The smallest absolute Gasteiger partial charge is 0.272 e. The Morgan fingerprint density at radius 3 is 2.32 bits per heavy atom. The molecule has 0 fully saturated rings. The highest BCUT2D eigenvalue weighted by Gasteiger charge is 2.18. The van der Waals surface area contributed by atoms with Crippen molar-refractivity contribution in [2.45, 2.75) is 0 Å². The number of hydrogen-bond donors (Lipinski definition) is 1. The highest BCUT2D eigenvalue weighted by Crippen LogP contribution is 2.28. The lowest BCUT2D eigenvalue weighted by Gasteiger charge is -2.02. The molecule has 2 aromatic rings. The standard InChI is InChI=1S/C13H9BrN4O4/c14-10-3-1-9(2-4-10)8-15-16-12-6-5-11(17(19)20)7-13(12)18(21)22/h1-8,16H. The molecule has 0 aromatic heterocycles. The molecule has 0 heterocycles. The van der Waals surface area contributed by atoms with Gasteiger partial charge in [-0.2, -0.15) is 5.10 Å². The topological polar surface area (TPSA) is 111 Å². The quantitative estimate of drug-likeness (QED) is 0.493. The summed E-state index contributed by atoms with van der Waals surface area (Å²) >= 11 is 3.30. The third kappa shape index (κ3) is 3.85. The Bertz CT molecular complexity index is 746. The summed E-state index contributed by atoms with van der Waals surface area (Å²) in [5.74, 6) is 0. The van der Waals surface area contributed by atoms with Crippen LogP contribution in [0.15, 0.2) is 52.0 Å². The third-order valence-electron chi connectivity index (χ3n) is 2.66. The van der Waals surface area contributed by atoms with Gasteiger partial charge in [0.05, 0.1) is 22.1 Å². The van der Waals surface area contributed by atoms with E-state index in [4.69, 9.17) is 0 Å². The number of rotatable bonds is 5. The van der Waals surface area contributed by atoms with Gasteiger partial charge in [-0.15, -0.1) is 0 Å². The van der Waals surface area contributed by atoms with E-state index >= 15 is 0 Å². The van der Waals surface area contributed by atoms with Crippen molar-refractivity contribution in [1.29, 1.82) is 0 Å². The highest BCUT2D eigenvalue weighted by atomic mass is 79.9. The van der Waals surface area contributed by atoms with Crippen molar-refractivity contribution in [3.05, 3.63) is 72.7 Å². The number of non-ortho nitro benzene ring substituents is 1. The van der Waals surface area contributed by atoms with Gasteiger partial charge in [0.25, 0.3) is 5.69 Å². The van der Waals surface area contributed by atoms with Crippen LogP contribution < -0.4 is 5.43 Å². The average Bonchev–Trinajstić information content (AvgIpc) is 2.49. The largest absolute Gasteiger partial charge is 0.301 e. The maximum Gasteiger partial charge on any atom is 0.301 e. The summed E-state index contributed by atoms with van der Waals surface area (Å²) in [6.07, 6.45) is 1.48. The van der Waals surface area contributed by atoms with Crippen molar-refractivity contribution in [3.8, 4) is 0 Å². The summed E-state index contributed by atoms with van der Waals surface area (Å²) in [6, 6.07) is 10.6. The van der Waals surface area contributed by atoms with Crippen LogP contribution in [0.5, 0.6) is 0 Å². The van der Waals surface area contributed by atoms with E-state index in [9.17, 15) is 20.2 Å². The second-order valence-corrected chi connectivity index (χ2v) is 5.05. The number of benzene rings is 2. The van der Waals surface area contributed by atoms with Crippen molar-refractivity contribution >= 4 is 39.2 Å². The number of hydrazone groups is 1. The molecule has 8 nitrogen and oxygen atoms in total. The molecule has 22 heavy (non-hydrogen) atoms. The molecule has 0 aliphatic carbocycles. The van der Waals surface area contributed by atoms with Crippen LogP contribution in [0.4, 0.5) is 17.1 Å². The van der Waals surface area contributed by atoms with Crippen LogP contribution in [-0.2, 0) is 0 Å². The monoisotopic (exact) mass is 364 g/mol. The van der Waals surface area contributed by atoms with Gasteiger partial charge in [0, 0.05) is 10.5 Å². The first kappa shape index (κ1) is 15.6. The fourth-order valence-electron chi connectivity index (χ4n) is 1.60. The Morgan fingerprint density at radius 1 is 1.05 bits per heavy atom. The lowest BCUT2D eigenvalue weighted by Crippen LogP contribution is -1.98. The maximum absolute atomic E-state index is 11.0. The fourth-order valence-corrected chi connectivity index (χ4v) is 1.87. The Labute approximate surface area is 132 Å². The van der Waals surface area contributed by atoms with Gasteiger partial charge in [0.15, 0.2) is 0 Å². The molecule has 0 amide bonds. The summed E-state index contributed by atoms with van der Waals surface area (Å²) in [7, 11) is 0. The summed E-state index contributed by atoms with van der Waals surface area (Å²) in [6.45, 7) is 0. The molecule has 0 aliphatic rings. The minimum absolute atomic E-state index is 0.0731. The predicted octanol–water partition coefficient (Wildman–Crippen LogP) is 3.71. The van der Waals surface area contributed by atoms with E-state index in [1.165, 1.54) is 18.3 Å².